The Kier molecular flexibility index (Phi) is 2.61. The Morgan fingerprint density at radius 1 is 1.23 bits per heavy atom. The first-order valence-electron chi connectivity index (χ1n) is 5.61. The number of nitrogens with zero attached hydrogens (tertiary/aromatic N) is 1. The molecule has 2 rings (SSSR count). The first kappa shape index (κ1) is 9.47. The van der Waals surface area contributed by atoms with Gasteiger partial charge in [-0.25, -0.2) is 0 Å². The van der Waals surface area contributed by atoms with Gasteiger partial charge in [0.05, 0.1) is 6.10 Å². The zero-order chi connectivity index (χ0) is 9.31. The minimum absolute atomic E-state index is 0.152. The Morgan fingerprint density at radius 2 is 1.85 bits per heavy atom. The molecule has 13 heavy (non-hydrogen) atoms. The third-order valence-electron chi connectivity index (χ3n) is 3.55. The molecular formula is C11H21NO. The predicted octanol–water partition coefficient (Wildman–Crippen LogP) is 1.63. The molecule has 2 heteroatoms. The topological polar surface area (TPSA) is 23.5 Å². The Bertz CT molecular complexity index is 165. The summed E-state index contributed by atoms with van der Waals surface area (Å²) in [6, 6.07) is 0. The number of aliphatic hydroxyl groups excluding tert-OH is 1. The highest BCUT2D eigenvalue weighted by molar-refractivity contribution is 4.96. The molecule has 1 unspecified atom stereocenters. The lowest BCUT2D eigenvalue weighted by molar-refractivity contribution is -0.0464. The summed E-state index contributed by atoms with van der Waals surface area (Å²) in [5.41, 5.74) is 0.674. The van der Waals surface area contributed by atoms with Crippen LogP contribution in [-0.4, -0.2) is 35.7 Å². The van der Waals surface area contributed by atoms with Crippen LogP contribution in [0.25, 0.3) is 0 Å². The van der Waals surface area contributed by atoms with Crippen LogP contribution in [0, 0.1) is 5.41 Å². The number of hydrogen-bond donors (Lipinski definition) is 1. The summed E-state index contributed by atoms with van der Waals surface area (Å²) in [4.78, 5) is 2.40. The average Bonchev–Trinajstić information content (AvgIpc) is 2.02. The van der Waals surface area contributed by atoms with E-state index in [9.17, 15) is 5.11 Å². The van der Waals surface area contributed by atoms with E-state index < -0.39 is 0 Å². The molecule has 1 N–H and O–H groups in total. The fourth-order valence-electron chi connectivity index (χ4n) is 3.02. The molecule has 2 nitrogen and oxygen atoms in total. The zero-order valence-corrected chi connectivity index (χ0v) is 8.63. The van der Waals surface area contributed by atoms with Gasteiger partial charge in [0.25, 0.3) is 0 Å². The van der Waals surface area contributed by atoms with Crippen molar-refractivity contribution in [3.05, 3.63) is 0 Å². The van der Waals surface area contributed by atoms with Crippen LogP contribution in [0.15, 0.2) is 0 Å². The largest absolute Gasteiger partial charge is 0.392 e. The van der Waals surface area contributed by atoms with Crippen LogP contribution in [0.2, 0.25) is 0 Å². The van der Waals surface area contributed by atoms with Crippen molar-refractivity contribution in [2.24, 2.45) is 5.41 Å². The van der Waals surface area contributed by atoms with Crippen LogP contribution in [0.4, 0.5) is 0 Å². The molecule has 2 fully saturated rings. The van der Waals surface area contributed by atoms with Crippen molar-refractivity contribution in [2.75, 3.05) is 19.6 Å². The minimum atomic E-state index is -0.152. The number of likely N-dealkylation sites (tertiary alicyclic amines) is 1. The molecule has 76 valence electrons. The summed E-state index contributed by atoms with van der Waals surface area (Å²) >= 11 is 0. The monoisotopic (exact) mass is 183 g/mol. The maximum atomic E-state index is 9.23. The maximum absolute atomic E-state index is 9.23. The second kappa shape index (κ2) is 3.58. The van der Waals surface area contributed by atoms with E-state index in [0.717, 1.165) is 6.54 Å². The first-order chi connectivity index (χ1) is 6.20. The van der Waals surface area contributed by atoms with Gasteiger partial charge >= 0.3 is 0 Å². The molecule has 1 saturated heterocycles. The van der Waals surface area contributed by atoms with Crippen LogP contribution in [-0.2, 0) is 0 Å². The van der Waals surface area contributed by atoms with Crippen molar-refractivity contribution in [2.45, 2.75) is 45.1 Å². The molecule has 0 aromatic carbocycles. The second-order valence-corrected chi connectivity index (χ2v) is 5.08. The van der Waals surface area contributed by atoms with E-state index >= 15 is 0 Å². The third-order valence-corrected chi connectivity index (χ3v) is 3.55. The van der Waals surface area contributed by atoms with Crippen molar-refractivity contribution >= 4 is 0 Å². The van der Waals surface area contributed by atoms with Gasteiger partial charge in [-0.1, -0.05) is 19.3 Å². The van der Waals surface area contributed by atoms with Gasteiger partial charge in [0.2, 0.25) is 0 Å². The molecule has 1 spiro atoms. The molecule has 1 heterocycles. The first-order valence-corrected chi connectivity index (χ1v) is 5.61. The normalized spacial score (nSPS) is 30.0. The fraction of sp³-hybridized carbons (Fsp3) is 1.00. The highest BCUT2D eigenvalue weighted by Gasteiger charge is 2.42. The highest BCUT2D eigenvalue weighted by Crippen LogP contribution is 2.43. The molecule has 1 aliphatic carbocycles. The fourth-order valence-corrected chi connectivity index (χ4v) is 3.02. The van der Waals surface area contributed by atoms with Crippen molar-refractivity contribution in [1.29, 1.82) is 0 Å². The van der Waals surface area contributed by atoms with Gasteiger partial charge in [0.15, 0.2) is 0 Å². The molecule has 1 aliphatic heterocycles. The molecule has 1 atom stereocenters. The van der Waals surface area contributed by atoms with Crippen molar-refractivity contribution < 1.29 is 5.11 Å². The van der Waals surface area contributed by atoms with Gasteiger partial charge in [-0.3, -0.25) is 4.90 Å². The van der Waals surface area contributed by atoms with E-state index in [-0.39, 0.29) is 6.10 Å². The van der Waals surface area contributed by atoms with Gasteiger partial charge < -0.3 is 5.11 Å². The maximum Gasteiger partial charge on any atom is 0.0639 e. The van der Waals surface area contributed by atoms with Crippen LogP contribution < -0.4 is 0 Å². The molecule has 0 bridgehead atoms. The minimum Gasteiger partial charge on any atom is -0.392 e. The lowest BCUT2D eigenvalue weighted by Crippen LogP contribution is -2.58. The molecule has 2 aliphatic rings. The summed E-state index contributed by atoms with van der Waals surface area (Å²) in [6.07, 6.45) is 7.02. The summed E-state index contributed by atoms with van der Waals surface area (Å²) in [5, 5.41) is 9.23. The van der Waals surface area contributed by atoms with E-state index in [1.165, 1.54) is 45.2 Å². The standard InChI is InChI=1S/C11H21NO/c1-10(13)7-12-8-11(9-12)5-3-2-4-6-11/h10,13H,2-9H2,1H3. The summed E-state index contributed by atoms with van der Waals surface area (Å²) in [5.74, 6) is 0. The summed E-state index contributed by atoms with van der Waals surface area (Å²) in [6.45, 7) is 5.25. The van der Waals surface area contributed by atoms with Gasteiger partial charge in [-0.2, -0.15) is 0 Å². The Labute approximate surface area is 80.9 Å². The van der Waals surface area contributed by atoms with Gasteiger partial charge in [-0.15, -0.1) is 0 Å². The second-order valence-electron chi connectivity index (χ2n) is 5.08. The van der Waals surface area contributed by atoms with Crippen LogP contribution in [0.5, 0.6) is 0 Å². The molecule has 0 aromatic rings. The van der Waals surface area contributed by atoms with Gasteiger partial charge in [0.1, 0.15) is 0 Å². The van der Waals surface area contributed by atoms with Crippen molar-refractivity contribution in [1.82, 2.24) is 4.90 Å². The zero-order valence-electron chi connectivity index (χ0n) is 8.63. The van der Waals surface area contributed by atoms with Crippen LogP contribution in [0.1, 0.15) is 39.0 Å². The van der Waals surface area contributed by atoms with E-state index in [2.05, 4.69) is 4.90 Å². The molecule has 0 amide bonds. The number of hydrogen-bond acceptors (Lipinski definition) is 2. The smallest absolute Gasteiger partial charge is 0.0639 e. The number of rotatable bonds is 2. The van der Waals surface area contributed by atoms with Crippen LogP contribution in [0.3, 0.4) is 0 Å². The highest BCUT2D eigenvalue weighted by atomic mass is 16.3. The predicted molar refractivity (Wildman–Crippen MR) is 53.6 cm³/mol. The van der Waals surface area contributed by atoms with Gasteiger partial charge in [-0.05, 0) is 25.2 Å². The quantitative estimate of drug-likeness (QED) is 0.703. The van der Waals surface area contributed by atoms with Crippen molar-refractivity contribution in [3.8, 4) is 0 Å². The van der Waals surface area contributed by atoms with E-state index in [1.54, 1.807) is 0 Å². The molecule has 0 aromatic heterocycles. The molecule has 0 radical (unpaired) electrons. The van der Waals surface area contributed by atoms with E-state index in [1.807, 2.05) is 6.92 Å². The lowest BCUT2D eigenvalue weighted by atomic mass is 9.68. The Balaban J connectivity index is 1.75. The van der Waals surface area contributed by atoms with Crippen LogP contribution >= 0.6 is 0 Å². The van der Waals surface area contributed by atoms with Gasteiger partial charge in [0, 0.05) is 19.6 Å². The Morgan fingerprint density at radius 3 is 2.38 bits per heavy atom. The average molecular weight is 183 g/mol. The lowest BCUT2D eigenvalue weighted by Gasteiger charge is -2.53. The number of β-amino-alcohol motifs (C(OH)–C–C–N with tert-alkyl or cyclic N) is 1. The number of aliphatic hydroxyl groups is 1. The Hall–Kier alpha value is -0.0800. The third kappa shape index (κ3) is 2.05. The summed E-state index contributed by atoms with van der Waals surface area (Å²) < 4.78 is 0. The molecular weight excluding hydrogens is 162 g/mol. The van der Waals surface area contributed by atoms with E-state index in [0.29, 0.717) is 5.41 Å². The van der Waals surface area contributed by atoms with Crippen molar-refractivity contribution in [3.63, 3.8) is 0 Å². The summed E-state index contributed by atoms with van der Waals surface area (Å²) in [7, 11) is 0. The van der Waals surface area contributed by atoms with E-state index in [4.69, 9.17) is 0 Å². The molecule has 1 saturated carbocycles. The SMILES string of the molecule is CC(O)CN1CC2(CCCCC2)C1.